The second-order valence-electron chi connectivity index (χ2n) is 4.38. The van der Waals surface area contributed by atoms with Crippen LogP contribution >= 0.6 is 0 Å². The van der Waals surface area contributed by atoms with Crippen LogP contribution in [0.3, 0.4) is 0 Å². The Morgan fingerprint density at radius 1 is 1.32 bits per heavy atom. The Hall–Kier alpha value is -1.51. The van der Waals surface area contributed by atoms with Crippen molar-refractivity contribution in [1.29, 1.82) is 0 Å². The molecule has 0 unspecified atom stereocenters. The smallest absolute Gasteiger partial charge is 0.304 e. The molecular weight excluding hydrogens is 268 g/mol. The number of amides is 1. The Labute approximate surface area is 112 Å². The van der Waals surface area contributed by atoms with Gasteiger partial charge in [-0.1, -0.05) is 0 Å². The maximum atomic E-state index is 12.0. The van der Waals surface area contributed by atoms with Crippen LogP contribution in [-0.4, -0.2) is 61.7 Å². The van der Waals surface area contributed by atoms with Crippen LogP contribution in [0.2, 0.25) is 0 Å². The zero-order valence-corrected chi connectivity index (χ0v) is 11.4. The van der Waals surface area contributed by atoms with E-state index in [0.717, 1.165) is 0 Å². The molecule has 1 aliphatic rings. The van der Waals surface area contributed by atoms with Gasteiger partial charge >= 0.3 is 10.2 Å². The van der Waals surface area contributed by atoms with Crippen LogP contribution < -0.4 is 4.72 Å². The van der Waals surface area contributed by atoms with E-state index in [-0.39, 0.29) is 5.56 Å². The molecule has 0 bridgehead atoms. The summed E-state index contributed by atoms with van der Waals surface area (Å²) < 4.78 is 27.4. The van der Waals surface area contributed by atoms with Gasteiger partial charge in [-0.3, -0.25) is 9.78 Å². The van der Waals surface area contributed by atoms with Crippen LogP contribution in [0.15, 0.2) is 24.5 Å². The molecule has 104 valence electrons. The number of piperazine rings is 1. The Balaban J connectivity index is 2.03. The van der Waals surface area contributed by atoms with Gasteiger partial charge in [-0.05, 0) is 19.2 Å². The molecule has 2 rings (SSSR count). The maximum Gasteiger partial charge on any atom is 0.304 e. The van der Waals surface area contributed by atoms with Gasteiger partial charge in [0.05, 0.1) is 5.56 Å². The lowest BCUT2D eigenvalue weighted by molar-refractivity contribution is 0.0977. The first-order valence-electron chi connectivity index (χ1n) is 5.90. The van der Waals surface area contributed by atoms with Crippen molar-refractivity contribution in [3.05, 3.63) is 30.1 Å². The van der Waals surface area contributed by atoms with Crippen molar-refractivity contribution >= 4 is 16.1 Å². The first-order valence-corrected chi connectivity index (χ1v) is 7.34. The number of hydrogen-bond acceptors (Lipinski definition) is 5. The van der Waals surface area contributed by atoms with E-state index in [9.17, 15) is 13.2 Å². The molecule has 0 aromatic carbocycles. The highest BCUT2D eigenvalue weighted by molar-refractivity contribution is 7.87. The number of hydrogen-bond donors (Lipinski definition) is 1. The third kappa shape index (κ3) is 3.49. The summed E-state index contributed by atoms with van der Waals surface area (Å²) >= 11 is 0. The normalized spacial score (nSPS) is 18.2. The molecule has 7 nitrogen and oxygen atoms in total. The van der Waals surface area contributed by atoms with E-state index in [1.54, 1.807) is 6.07 Å². The summed E-state index contributed by atoms with van der Waals surface area (Å²) in [6.45, 7) is 2.07. The molecule has 0 aliphatic carbocycles. The Morgan fingerprint density at radius 2 is 2.00 bits per heavy atom. The number of carbonyl (C=O) groups excluding carboxylic acids is 1. The molecule has 0 spiro atoms. The van der Waals surface area contributed by atoms with Crippen LogP contribution in [-0.2, 0) is 10.2 Å². The lowest BCUT2D eigenvalue weighted by atomic mass is 10.3. The number of rotatable bonds is 3. The number of carbonyl (C=O) groups is 1. The molecule has 0 saturated carbocycles. The van der Waals surface area contributed by atoms with Crippen LogP contribution in [0, 0.1) is 0 Å². The zero-order chi connectivity index (χ0) is 13.9. The highest BCUT2D eigenvalue weighted by atomic mass is 32.2. The summed E-state index contributed by atoms with van der Waals surface area (Å²) in [5.41, 5.74) is 0.222. The Bertz CT molecular complexity index is 538. The van der Waals surface area contributed by atoms with Gasteiger partial charge in [0.1, 0.15) is 0 Å². The van der Waals surface area contributed by atoms with E-state index >= 15 is 0 Å². The number of pyridine rings is 1. The van der Waals surface area contributed by atoms with Crippen molar-refractivity contribution < 1.29 is 13.2 Å². The van der Waals surface area contributed by atoms with Crippen molar-refractivity contribution in [2.75, 3.05) is 33.2 Å². The minimum atomic E-state index is -3.77. The first-order chi connectivity index (χ1) is 8.99. The van der Waals surface area contributed by atoms with E-state index in [4.69, 9.17) is 0 Å². The fraction of sp³-hybridized carbons (Fsp3) is 0.455. The average molecular weight is 284 g/mol. The van der Waals surface area contributed by atoms with E-state index in [2.05, 4.69) is 9.71 Å². The van der Waals surface area contributed by atoms with Gasteiger partial charge in [0.2, 0.25) is 0 Å². The second kappa shape index (κ2) is 5.64. The lowest BCUT2D eigenvalue weighted by Gasteiger charge is -2.31. The van der Waals surface area contributed by atoms with E-state index < -0.39 is 16.1 Å². The van der Waals surface area contributed by atoms with Crippen molar-refractivity contribution in [2.24, 2.45) is 0 Å². The van der Waals surface area contributed by atoms with Crippen LogP contribution in [0.25, 0.3) is 0 Å². The molecule has 2 heterocycles. The molecule has 19 heavy (non-hydrogen) atoms. The lowest BCUT2D eigenvalue weighted by Crippen LogP contribution is -2.52. The first kappa shape index (κ1) is 13.9. The molecule has 8 heteroatoms. The standard InChI is InChI=1S/C11H16N4O3S/c1-14-5-7-15(8-6-14)19(17,18)13-11(16)10-3-2-4-12-9-10/h2-4,9H,5-8H2,1H3,(H,13,16). The van der Waals surface area contributed by atoms with E-state index in [1.165, 1.54) is 22.8 Å². The van der Waals surface area contributed by atoms with Crippen molar-refractivity contribution in [1.82, 2.24) is 18.9 Å². The quantitative estimate of drug-likeness (QED) is 0.794. The number of aromatic nitrogens is 1. The summed E-state index contributed by atoms with van der Waals surface area (Å²) in [6, 6.07) is 3.10. The van der Waals surface area contributed by atoms with Gasteiger partial charge in [-0.25, -0.2) is 4.72 Å². The monoisotopic (exact) mass is 284 g/mol. The number of nitrogens with one attached hydrogen (secondary N) is 1. The van der Waals surface area contributed by atoms with Crippen LogP contribution in [0.5, 0.6) is 0 Å². The zero-order valence-electron chi connectivity index (χ0n) is 10.6. The van der Waals surface area contributed by atoms with Crippen LogP contribution in [0.4, 0.5) is 0 Å². The Morgan fingerprint density at radius 3 is 2.58 bits per heavy atom. The van der Waals surface area contributed by atoms with Crippen molar-refractivity contribution in [3.8, 4) is 0 Å². The summed E-state index contributed by atoms with van der Waals surface area (Å²) in [7, 11) is -1.85. The average Bonchev–Trinajstić information content (AvgIpc) is 2.40. The van der Waals surface area contributed by atoms with Gasteiger partial charge in [-0.15, -0.1) is 0 Å². The summed E-state index contributed by atoms with van der Waals surface area (Å²) in [6.07, 6.45) is 2.85. The molecule has 1 aromatic heterocycles. The molecule has 1 aliphatic heterocycles. The van der Waals surface area contributed by atoms with Gasteiger partial charge < -0.3 is 4.90 Å². The predicted molar refractivity (Wildman–Crippen MR) is 69.7 cm³/mol. The SMILES string of the molecule is CN1CCN(S(=O)(=O)NC(=O)c2cccnc2)CC1. The molecule has 1 saturated heterocycles. The van der Waals surface area contributed by atoms with Crippen molar-refractivity contribution in [3.63, 3.8) is 0 Å². The number of likely N-dealkylation sites (N-methyl/N-ethyl adjacent to an activating group) is 1. The third-order valence-corrected chi connectivity index (χ3v) is 4.44. The second-order valence-corrected chi connectivity index (χ2v) is 6.05. The maximum absolute atomic E-state index is 12.0. The fourth-order valence-corrected chi connectivity index (χ4v) is 2.89. The Kier molecular flexibility index (Phi) is 4.13. The highest BCUT2D eigenvalue weighted by Gasteiger charge is 2.27. The molecule has 1 N–H and O–H groups in total. The van der Waals surface area contributed by atoms with Gasteiger partial charge in [0.25, 0.3) is 5.91 Å². The minimum Gasteiger partial charge on any atom is -0.304 e. The predicted octanol–water partition coefficient (Wildman–Crippen LogP) is -0.696. The van der Waals surface area contributed by atoms with Crippen molar-refractivity contribution in [2.45, 2.75) is 0 Å². The molecule has 1 amide bonds. The topological polar surface area (TPSA) is 82.6 Å². The molecule has 1 aromatic rings. The molecule has 0 radical (unpaired) electrons. The highest BCUT2D eigenvalue weighted by Crippen LogP contribution is 2.05. The molecular formula is C11H16N4O3S. The van der Waals surface area contributed by atoms with Gasteiger partial charge in [0, 0.05) is 38.6 Å². The fourth-order valence-electron chi connectivity index (χ4n) is 1.77. The van der Waals surface area contributed by atoms with E-state index in [0.29, 0.717) is 26.2 Å². The van der Waals surface area contributed by atoms with Gasteiger partial charge in [0.15, 0.2) is 0 Å². The molecule has 1 fully saturated rings. The summed E-state index contributed by atoms with van der Waals surface area (Å²) in [5, 5.41) is 0. The third-order valence-electron chi connectivity index (χ3n) is 2.95. The number of nitrogens with zero attached hydrogens (tertiary/aromatic N) is 3. The van der Waals surface area contributed by atoms with E-state index in [1.807, 2.05) is 11.9 Å². The van der Waals surface area contributed by atoms with Crippen LogP contribution in [0.1, 0.15) is 10.4 Å². The molecule has 0 atom stereocenters. The summed E-state index contributed by atoms with van der Waals surface area (Å²) in [4.78, 5) is 17.6. The largest absolute Gasteiger partial charge is 0.304 e. The van der Waals surface area contributed by atoms with Gasteiger partial charge in [-0.2, -0.15) is 12.7 Å². The minimum absolute atomic E-state index is 0.222. The summed E-state index contributed by atoms with van der Waals surface area (Å²) in [5.74, 6) is -0.660.